The Kier molecular flexibility index (Phi) is 7.68. The summed E-state index contributed by atoms with van der Waals surface area (Å²) in [6.07, 6.45) is 2.20. The molecule has 0 bridgehead atoms. The largest absolute Gasteiger partial charge is 0.355 e. The second kappa shape index (κ2) is 10.0. The van der Waals surface area contributed by atoms with Gasteiger partial charge in [0.15, 0.2) is 0 Å². The summed E-state index contributed by atoms with van der Waals surface area (Å²) in [6.45, 7) is 7.22. The molecule has 6 nitrogen and oxygen atoms in total. The van der Waals surface area contributed by atoms with Crippen LogP contribution in [0.5, 0.6) is 0 Å². The molecule has 1 aliphatic heterocycles. The summed E-state index contributed by atoms with van der Waals surface area (Å²) in [5.41, 5.74) is 1.95. The number of carbonyl (C=O) groups is 1. The summed E-state index contributed by atoms with van der Waals surface area (Å²) in [5.74, 6) is 0.129. The maximum Gasteiger partial charge on any atom is 0.243 e. The molecular formula is C22H31N3O3S2. The first-order chi connectivity index (χ1) is 14.3. The Morgan fingerprint density at radius 1 is 1.27 bits per heavy atom. The van der Waals surface area contributed by atoms with Crippen LogP contribution in [0, 0.1) is 19.8 Å². The molecular weight excluding hydrogens is 418 g/mol. The van der Waals surface area contributed by atoms with Crippen molar-refractivity contribution in [1.29, 1.82) is 0 Å². The molecule has 0 radical (unpaired) electrons. The molecule has 1 N–H and O–H groups in total. The molecule has 1 aliphatic rings. The van der Waals surface area contributed by atoms with Crippen LogP contribution >= 0.6 is 11.3 Å². The minimum Gasteiger partial charge on any atom is -0.355 e. The molecule has 1 amide bonds. The van der Waals surface area contributed by atoms with Gasteiger partial charge in [0.2, 0.25) is 15.9 Å². The van der Waals surface area contributed by atoms with Crippen LogP contribution in [0.2, 0.25) is 0 Å². The normalized spacial score (nSPS) is 17.9. The highest BCUT2D eigenvalue weighted by Crippen LogP contribution is 2.20. The number of carbonyl (C=O) groups excluding carboxylic acids is 1. The van der Waals surface area contributed by atoms with E-state index in [1.807, 2.05) is 13.8 Å². The number of likely N-dealkylation sites (tertiary alicyclic amines) is 1. The number of nitrogens with zero attached hydrogens (tertiary/aromatic N) is 2. The minimum atomic E-state index is -3.69. The molecule has 3 rings (SSSR count). The van der Waals surface area contributed by atoms with Crippen LogP contribution < -0.4 is 5.32 Å². The molecule has 1 unspecified atom stereocenters. The first-order valence-corrected chi connectivity index (χ1v) is 12.6. The van der Waals surface area contributed by atoms with E-state index in [0.29, 0.717) is 12.5 Å². The van der Waals surface area contributed by atoms with Crippen LogP contribution in [0.1, 0.15) is 28.8 Å². The predicted octanol–water partition coefficient (Wildman–Crippen LogP) is 3.01. The lowest BCUT2D eigenvalue weighted by Crippen LogP contribution is -2.43. The molecule has 2 heterocycles. The van der Waals surface area contributed by atoms with E-state index in [-0.39, 0.29) is 17.3 Å². The number of amides is 1. The van der Waals surface area contributed by atoms with Gasteiger partial charge in [-0.3, -0.25) is 9.69 Å². The third-order valence-corrected chi connectivity index (χ3v) is 8.36. The third-order valence-electron chi connectivity index (χ3n) is 5.70. The van der Waals surface area contributed by atoms with Crippen molar-refractivity contribution >= 4 is 27.3 Å². The lowest BCUT2D eigenvalue weighted by molar-refractivity contribution is -0.121. The van der Waals surface area contributed by atoms with E-state index < -0.39 is 10.0 Å². The zero-order valence-electron chi connectivity index (χ0n) is 17.9. The number of aryl methyl sites for hydroxylation is 2. The second-order valence-electron chi connectivity index (χ2n) is 8.13. The highest BCUT2D eigenvalue weighted by molar-refractivity contribution is 7.89. The number of likely N-dealkylation sites (N-methyl/N-ethyl adjacent to an activating group) is 1. The van der Waals surface area contributed by atoms with Gasteiger partial charge in [0.05, 0.1) is 11.4 Å². The summed E-state index contributed by atoms with van der Waals surface area (Å²) >= 11 is 1.77. The van der Waals surface area contributed by atoms with Crippen molar-refractivity contribution in [3.8, 4) is 0 Å². The van der Waals surface area contributed by atoms with Gasteiger partial charge in [-0.1, -0.05) is 12.1 Å². The maximum absolute atomic E-state index is 12.8. The van der Waals surface area contributed by atoms with E-state index in [1.54, 1.807) is 29.5 Å². The summed E-state index contributed by atoms with van der Waals surface area (Å²) in [6, 6.07) is 9.27. The number of hydrogen-bond acceptors (Lipinski definition) is 5. The van der Waals surface area contributed by atoms with Gasteiger partial charge < -0.3 is 5.32 Å². The Morgan fingerprint density at radius 3 is 2.77 bits per heavy atom. The summed E-state index contributed by atoms with van der Waals surface area (Å²) in [7, 11) is -2.24. The van der Waals surface area contributed by atoms with Crippen molar-refractivity contribution in [2.75, 3.05) is 33.2 Å². The lowest BCUT2D eigenvalue weighted by Gasteiger charge is -2.32. The zero-order chi connectivity index (χ0) is 21.7. The van der Waals surface area contributed by atoms with Gasteiger partial charge in [-0.05, 0) is 73.9 Å². The van der Waals surface area contributed by atoms with E-state index in [2.05, 4.69) is 27.7 Å². The van der Waals surface area contributed by atoms with Crippen molar-refractivity contribution in [1.82, 2.24) is 14.5 Å². The number of nitrogens with one attached hydrogen (secondary N) is 1. The second-order valence-corrected chi connectivity index (χ2v) is 11.2. The summed E-state index contributed by atoms with van der Waals surface area (Å²) < 4.78 is 26.7. The number of thiophene rings is 1. The monoisotopic (exact) mass is 449 g/mol. The third kappa shape index (κ3) is 5.91. The van der Waals surface area contributed by atoms with Gasteiger partial charge in [0, 0.05) is 31.6 Å². The van der Waals surface area contributed by atoms with Crippen LogP contribution in [0.3, 0.4) is 0 Å². The van der Waals surface area contributed by atoms with Gasteiger partial charge >= 0.3 is 0 Å². The van der Waals surface area contributed by atoms with Gasteiger partial charge in [-0.25, -0.2) is 8.42 Å². The van der Waals surface area contributed by atoms with Crippen LogP contribution in [0.25, 0.3) is 0 Å². The highest BCUT2D eigenvalue weighted by Gasteiger charge is 2.25. The van der Waals surface area contributed by atoms with Gasteiger partial charge in [0.25, 0.3) is 0 Å². The van der Waals surface area contributed by atoms with Crippen molar-refractivity contribution in [3.05, 3.63) is 51.7 Å². The van der Waals surface area contributed by atoms with E-state index in [1.165, 1.54) is 11.9 Å². The van der Waals surface area contributed by atoms with Crippen molar-refractivity contribution in [3.63, 3.8) is 0 Å². The first-order valence-electron chi connectivity index (χ1n) is 10.3. The molecule has 0 saturated carbocycles. The Labute approximate surface area is 183 Å². The number of sulfonamides is 1. The molecule has 1 aromatic carbocycles. The standard InChI is InChI=1S/C22H31N3O3S2/c1-17-8-9-21(12-18(17)2)30(27,28)24(3)16-22(26)23-13-19-6-4-10-25(14-19)15-20-7-5-11-29-20/h5,7-9,11-12,19H,4,6,10,13-16H2,1-3H3,(H,23,26). The fourth-order valence-corrected chi connectivity index (χ4v) is 5.70. The van der Waals surface area contributed by atoms with E-state index in [9.17, 15) is 13.2 Å². The molecule has 1 fully saturated rings. The number of rotatable bonds is 8. The first kappa shape index (κ1) is 22.9. The Hall–Kier alpha value is -1.74. The molecule has 1 atom stereocenters. The van der Waals surface area contributed by atoms with Crippen molar-refractivity contribution in [2.45, 2.75) is 38.1 Å². The lowest BCUT2D eigenvalue weighted by atomic mass is 9.98. The van der Waals surface area contributed by atoms with Crippen molar-refractivity contribution in [2.24, 2.45) is 5.92 Å². The summed E-state index contributed by atoms with van der Waals surface area (Å²) in [4.78, 5) is 16.4. The fourth-order valence-electron chi connectivity index (χ4n) is 3.74. The number of benzene rings is 1. The Bertz CT molecular complexity index is 958. The quantitative estimate of drug-likeness (QED) is 0.673. The molecule has 1 saturated heterocycles. The maximum atomic E-state index is 12.8. The minimum absolute atomic E-state index is 0.180. The zero-order valence-corrected chi connectivity index (χ0v) is 19.6. The molecule has 164 valence electrons. The van der Waals surface area contributed by atoms with Crippen LogP contribution in [-0.2, 0) is 21.4 Å². The van der Waals surface area contributed by atoms with Crippen LogP contribution in [0.15, 0.2) is 40.6 Å². The topological polar surface area (TPSA) is 69.7 Å². The van der Waals surface area contributed by atoms with Gasteiger partial charge in [-0.15, -0.1) is 11.3 Å². The Morgan fingerprint density at radius 2 is 2.07 bits per heavy atom. The molecule has 0 spiro atoms. The SMILES string of the molecule is Cc1ccc(S(=O)(=O)N(C)CC(=O)NCC2CCCN(Cc3cccs3)C2)cc1C. The number of hydrogen-bond donors (Lipinski definition) is 1. The smallest absolute Gasteiger partial charge is 0.243 e. The van der Waals surface area contributed by atoms with E-state index >= 15 is 0 Å². The van der Waals surface area contributed by atoms with Crippen LogP contribution in [0.4, 0.5) is 0 Å². The van der Waals surface area contributed by atoms with Crippen LogP contribution in [-0.4, -0.2) is 56.8 Å². The number of piperidine rings is 1. The molecule has 30 heavy (non-hydrogen) atoms. The predicted molar refractivity (Wildman–Crippen MR) is 121 cm³/mol. The van der Waals surface area contributed by atoms with Crippen molar-refractivity contribution < 1.29 is 13.2 Å². The van der Waals surface area contributed by atoms with E-state index in [4.69, 9.17) is 0 Å². The summed E-state index contributed by atoms with van der Waals surface area (Å²) in [5, 5.41) is 5.03. The van der Waals surface area contributed by atoms with Gasteiger partial charge in [-0.2, -0.15) is 4.31 Å². The average molecular weight is 450 g/mol. The molecule has 1 aromatic heterocycles. The average Bonchev–Trinajstić information content (AvgIpc) is 3.21. The highest BCUT2D eigenvalue weighted by atomic mass is 32.2. The van der Waals surface area contributed by atoms with E-state index in [0.717, 1.165) is 47.9 Å². The fraction of sp³-hybridized carbons (Fsp3) is 0.500. The molecule has 8 heteroatoms. The Balaban J connectivity index is 1.49. The molecule has 0 aliphatic carbocycles. The van der Waals surface area contributed by atoms with Gasteiger partial charge in [0.1, 0.15) is 0 Å². The molecule has 2 aromatic rings.